The molecule has 0 fully saturated rings. The minimum Gasteiger partial charge on any atom is -0.478 e. The molecule has 0 unspecified atom stereocenters. The zero-order chi connectivity index (χ0) is 13.1. The highest BCUT2D eigenvalue weighted by atomic mass is 16.4. The van der Waals surface area contributed by atoms with E-state index < -0.39 is 5.97 Å². The van der Waals surface area contributed by atoms with E-state index in [0.29, 0.717) is 6.54 Å². The maximum atomic E-state index is 11.8. The number of rotatable bonds is 3. The molecule has 0 spiro atoms. The first-order valence-electron chi connectivity index (χ1n) is 5.56. The first-order valence-corrected chi connectivity index (χ1v) is 5.56. The standard InChI is InChI=1S/C14H13NO3/c1-10-4-2-3-5-12(10)9-15-7-6-11(14(17)18)8-13(15)16/h2-8H,9H2,1H3,(H,17,18). The third-order valence-electron chi connectivity index (χ3n) is 2.84. The van der Waals surface area contributed by atoms with Gasteiger partial charge in [0.25, 0.3) is 5.56 Å². The summed E-state index contributed by atoms with van der Waals surface area (Å²) in [5, 5.41) is 8.79. The molecule has 1 heterocycles. The Kier molecular flexibility index (Phi) is 3.28. The van der Waals surface area contributed by atoms with E-state index in [1.54, 1.807) is 0 Å². The normalized spacial score (nSPS) is 10.3. The second kappa shape index (κ2) is 4.87. The van der Waals surface area contributed by atoms with Gasteiger partial charge in [-0.15, -0.1) is 0 Å². The van der Waals surface area contributed by atoms with Crippen molar-refractivity contribution < 1.29 is 9.90 Å². The minimum atomic E-state index is -1.09. The Balaban J connectivity index is 2.34. The third-order valence-corrected chi connectivity index (χ3v) is 2.84. The number of carbonyl (C=O) groups is 1. The summed E-state index contributed by atoms with van der Waals surface area (Å²) in [6.07, 6.45) is 1.51. The number of nitrogens with zero attached hydrogens (tertiary/aromatic N) is 1. The minimum absolute atomic E-state index is 0.0148. The molecule has 4 nitrogen and oxygen atoms in total. The van der Waals surface area contributed by atoms with Crippen LogP contribution in [0.3, 0.4) is 0 Å². The molecule has 1 aromatic heterocycles. The number of hydrogen-bond acceptors (Lipinski definition) is 2. The van der Waals surface area contributed by atoms with Gasteiger partial charge in [0.2, 0.25) is 0 Å². The summed E-state index contributed by atoms with van der Waals surface area (Å²) < 4.78 is 1.49. The van der Waals surface area contributed by atoms with Crippen LogP contribution in [0, 0.1) is 6.92 Å². The highest BCUT2D eigenvalue weighted by Crippen LogP contribution is 2.08. The Bertz CT molecular complexity index is 643. The lowest BCUT2D eigenvalue weighted by atomic mass is 10.1. The summed E-state index contributed by atoms with van der Waals surface area (Å²) in [6, 6.07) is 10.4. The maximum Gasteiger partial charge on any atom is 0.335 e. The van der Waals surface area contributed by atoms with Gasteiger partial charge in [-0.3, -0.25) is 4.79 Å². The number of hydrogen-bond donors (Lipinski definition) is 1. The smallest absolute Gasteiger partial charge is 0.335 e. The van der Waals surface area contributed by atoms with Crippen molar-refractivity contribution in [2.75, 3.05) is 0 Å². The van der Waals surface area contributed by atoms with Crippen LogP contribution in [0.4, 0.5) is 0 Å². The van der Waals surface area contributed by atoms with Gasteiger partial charge in [0.05, 0.1) is 12.1 Å². The van der Waals surface area contributed by atoms with Crippen LogP contribution in [0.1, 0.15) is 21.5 Å². The summed E-state index contributed by atoms with van der Waals surface area (Å²) in [5.74, 6) is -1.09. The fourth-order valence-electron chi connectivity index (χ4n) is 1.74. The predicted octanol–water partition coefficient (Wildman–Crippen LogP) is 1.90. The second-order valence-corrected chi connectivity index (χ2v) is 4.11. The average Bonchev–Trinajstić information content (AvgIpc) is 2.34. The van der Waals surface area contributed by atoms with E-state index >= 15 is 0 Å². The van der Waals surface area contributed by atoms with Crippen molar-refractivity contribution in [3.05, 3.63) is 69.6 Å². The van der Waals surface area contributed by atoms with Crippen molar-refractivity contribution in [3.8, 4) is 0 Å². The molecule has 0 radical (unpaired) electrons. The van der Waals surface area contributed by atoms with Crippen LogP contribution in [-0.2, 0) is 6.54 Å². The lowest BCUT2D eigenvalue weighted by molar-refractivity contribution is 0.0696. The summed E-state index contributed by atoms with van der Waals surface area (Å²) in [7, 11) is 0. The molecular formula is C14H13NO3. The van der Waals surface area contributed by atoms with Crippen LogP contribution in [0.25, 0.3) is 0 Å². The number of carboxylic acid groups (broad SMARTS) is 1. The summed E-state index contributed by atoms with van der Waals surface area (Å²) >= 11 is 0. The largest absolute Gasteiger partial charge is 0.478 e. The van der Waals surface area contributed by atoms with Crippen LogP contribution in [0.5, 0.6) is 0 Å². The van der Waals surface area contributed by atoms with Gasteiger partial charge in [-0.05, 0) is 24.1 Å². The lowest BCUT2D eigenvalue weighted by Gasteiger charge is -2.08. The van der Waals surface area contributed by atoms with Crippen LogP contribution in [0.2, 0.25) is 0 Å². The molecule has 0 bridgehead atoms. The van der Waals surface area contributed by atoms with Crippen LogP contribution >= 0.6 is 0 Å². The van der Waals surface area contributed by atoms with E-state index in [4.69, 9.17) is 5.11 Å². The molecule has 0 aliphatic rings. The van der Waals surface area contributed by atoms with Gasteiger partial charge in [0.1, 0.15) is 0 Å². The van der Waals surface area contributed by atoms with E-state index in [2.05, 4.69) is 0 Å². The van der Waals surface area contributed by atoms with E-state index in [-0.39, 0.29) is 11.1 Å². The monoisotopic (exact) mass is 243 g/mol. The van der Waals surface area contributed by atoms with Gasteiger partial charge in [0, 0.05) is 12.3 Å². The van der Waals surface area contributed by atoms with Gasteiger partial charge in [-0.1, -0.05) is 24.3 Å². The number of carboxylic acids is 1. The summed E-state index contributed by atoms with van der Waals surface area (Å²) in [5.41, 5.74) is 1.86. The first kappa shape index (κ1) is 12.1. The topological polar surface area (TPSA) is 59.3 Å². The molecular weight excluding hydrogens is 230 g/mol. The molecule has 1 aromatic carbocycles. The molecule has 1 N–H and O–H groups in total. The molecule has 2 aromatic rings. The highest BCUT2D eigenvalue weighted by Gasteiger charge is 2.06. The Labute approximate surface area is 104 Å². The number of pyridine rings is 1. The maximum absolute atomic E-state index is 11.8. The quantitative estimate of drug-likeness (QED) is 0.895. The Morgan fingerprint density at radius 3 is 2.61 bits per heavy atom. The lowest BCUT2D eigenvalue weighted by Crippen LogP contribution is -2.21. The molecule has 0 atom stereocenters. The van der Waals surface area contributed by atoms with E-state index in [1.807, 2.05) is 31.2 Å². The molecule has 0 aliphatic heterocycles. The molecule has 0 amide bonds. The van der Waals surface area contributed by atoms with Crippen molar-refractivity contribution in [1.29, 1.82) is 0 Å². The average molecular weight is 243 g/mol. The van der Waals surface area contributed by atoms with E-state index in [0.717, 1.165) is 17.2 Å². The summed E-state index contributed by atoms with van der Waals surface area (Å²) in [6.45, 7) is 2.43. The predicted molar refractivity (Wildman–Crippen MR) is 67.9 cm³/mol. The van der Waals surface area contributed by atoms with Crippen molar-refractivity contribution in [2.24, 2.45) is 0 Å². The number of aromatic carboxylic acids is 1. The zero-order valence-corrected chi connectivity index (χ0v) is 9.96. The van der Waals surface area contributed by atoms with Crippen molar-refractivity contribution in [2.45, 2.75) is 13.5 Å². The van der Waals surface area contributed by atoms with Crippen molar-refractivity contribution in [1.82, 2.24) is 4.57 Å². The molecule has 92 valence electrons. The number of benzene rings is 1. The fourth-order valence-corrected chi connectivity index (χ4v) is 1.74. The SMILES string of the molecule is Cc1ccccc1Cn1ccc(C(=O)O)cc1=O. The van der Waals surface area contributed by atoms with E-state index in [1.165, 1.54) is 16.8 Å². The molecule has 0 aliphatic carbocycles. The molecule has 4 heteroatoms. The Morgan fingerprint density at radius 1 is 1.28 bits per heavy atom. The second-order valence-electron chi connectivity index (χ2n) is 4.11. The zero-order valence-electron chi connectivity index (χ0n) is 9.96. The van der Waals surface area contributed by atoms with Gasteiger partial charge in [-0.2, -0.15) is 0 Å². The number of aryl methyl sites for hydroxylation is 1. The third kappa shape index (κ3) is 2.48. The van der Waals surface area contributed by atoms with E-state index in [9.17, 15) is 9.59 Å². The first-order chi connectivity index (χ1) is 8.58. The molecule has 0 saturated heterocycles. The highest BCUT2D eigenvalue weighted by molar-refractivity contribution is 5.87. The van der Waals surface area contributed by atoms with Crippen LogP contribution in [0.15, 0.2) is 47.4 Å². The van der Waals surface area contributed by atoms with Gasteiger partial charge >= 0.3 is 5.97 Å². The van der Waals surface area contributed by atoms with Gasteiger partial charge in [0.15, 0.2) is 0 Å². The van der Waals surface area contributed by atoms with Crippen LogP contribution < -0.4 is 5.56 Å². The van der Waals surface area contributed by atoms with Crippen LogP contribution in [-0.4, -0.2) is 15.6 Å². The molecule has 18 heavy (non-hydrogen) atoms. The Morgan fingerprint density at radius 2 is 2.00 bits per heavy atom. The van der Waals surface area contributed by atoms with Crippen molar-refractivity contribution in [3.63, 3.8) is 0 Å². The number of aromatic nitrogens is 1. The fraction of sp³-hybridized carbons (Fsp3) is 0.143. The molecule has 2 rings (SSSR count). The van der Waals surface area contributed by atoms with Gasteiger partial charge in [-0.25, -0.2) is 4.79 Å². The van der Waals surface area contributed by atoms with Gasteiger partial charge < -0.3 is 9.67 Å². The van der Waals surface area contributed by atoms with Crippen molar-refractivity contribution >= 4 is 5.97 Å². The summed E-state index contributed by atoms with van der Waals surface area (Å²) in [4.78, 5) is 22.5. The Hall–Kier alpha value is -2.36. The molecule has 0 saturated carbocycles.